The lowest BCUT2D eigenvalue weighted by Gasteiger charge is -2.23. The number of hydrogen-bond acceptors (Lipinski definition) is 1. The van der Waals surface area contributed by atoms with Crippen molar-refractivity contribution in [3.8, 4) is 0 Å². The van der Waals surface area contributed by atoms with E-state index < -0.39 is 0 Å². The van der Waals surface area contributed by atoms with Crippen LogP contribution in [0.1, 0.15) is 36.8 Å². The van der Waals surface area contributed by atoms with Crippen molar-refractivity contribution >= 4 is 18.0 Å². The van der Waals surface area contributed by atoms with E-state index >= 15 is 0 Å². The molecule has 0 radical (unpaired) electrons. The van der Waals surface area contributed by atoms with Gasteiger partial charge in [0.1, 0.15) is 5.82 Å². The van der Waals surface area contributed by atoms with E-state index in [0.717, 1.165) is 23.9 Å². The van der Waals surface area contributed by atoms with Gasteiger partial charge in [-0.2, -0.15) is 0 Å². The number of nitrogens with zero attached hydrogens (tertiary/aromatic N) is 1. The highest BCUT2D eigenvalue weighted by atomic mass is 35.5. The van der Waals surface area contributed by atoms with Crippen molar-refractivity contribution in [3.63, 3.8) is 0 Å². The molecule has 0 amide bonds. The molecule has 2 atom stereocenters. The van der Waals surface area contributed by atoms with Crippen molar-refractivity contribution < 1.29 is 4.39 Å². The average molecular weight is 372 g/mol. The maximum absolute atomic E-state index is 13.3. The molecule has 2 fully saturated rings. The summed E-state index contributed by atoms with van der Waals surface area (Å²) in [5.74, 6) is 1.68. The Kier molecular flexibility index (Phi) is 6.50. The molecule has 2 aromatic rings. The van der Waals surface area contributed by atoms with Crippen molar-refractivity contribution in [1.82, 2.24) is 4.90 Å². The Bertz CT molecular complexity index is 726. The van der Waals surface area contributed by atoms with Gasteiger partial charge in [0, 0.05) is 13.1 Å². The first kappa shape index (κ1) is 19.1. The van der Waals surface area contributed by atoms with Crippen LogP contribution in [0.2, 0.25) is 0 Å². The molecule has 1 heterocycles. The normalized spacial score (nSPS) is 23.3. The Balaban J connectivity index is 0.00000196. The standard InChI is InChI=1S/C23H26FN.ClH/c24-22-10-8-21(9-11-22)23(20-4-2-1-3-5-20)13-15-25-14-12-18-6-7-19(16-18)17-25;/h1-5,8-11,13,18-19H,6-7,12,14-17H2;1H/b23-13+;. The number of hydrogen-bond donors (Lipinski definition) is 0. The first-order valence-electron chi connectivity index (χ1n) is 9.52. The Morgan fingerprint density at radius 2 is 1.62 bits per heavy atom. The van der Waals surface area contributed by atoms with Crippen molar-refractivity contribution in [3.05, 3.63) is 77.6 Å². The molecular formula is C23H27ClFN. The van der Waals surface area contributed by atoms with Gasteiger partial charge in [-0.15, -0.1) is 12.4 Å². The van der Waals surface area contributed by atoms with Gasteiger partial charge in [-0.1, -0.05) is 55.0 Å². The van der Waals surface area contributed by atoms with E-state index in [1.165, 1.54) is 49.9 Å². The zero-order valence-electron chi connectivity index (χ0n) is 15.1. The fraction of sp³-hybridized carbons (Fsp3) is 0.391. The van der Waals surface area contributed by atoms with Crippen LogP contribution in [0.4, 0.5) is 4.39 Å². The van der Waals surface area contributed by atoms with Crippen LogP contribution in [0.25, 0.3) is 5.57 Å². The SMILES string of the molecule is Cl.Fc1ccc(/C(=C/CN2CCC3CCC(C3)C2)c2ccccc2)cc1. The number of rotatable bonds is 4. The van der Waals surface area contributed by atoms with Gasteiger partial charge >= 0.3 is 0 Å². The van der Waals surface area contributed by atoms with Crippen LogP contribution in [-0.2, 0) is 0 Å². The van der Waals surface area contributed by atoms with E-state index in [1.807, 2.05) is 18.2 Å². The second kappa shape index (κ2) is 8.83. The predicted molar refractivity (Wildman–Crippen MR) is 109 cm³/mol. The number of fused-ring (bicyclic) bond motifs is 2. The van der Waals surface area contributed by atoms with Crippen molar-refractivity contribution in [2.75, 3.05) is 19.6 Å². The minimum atomic E-state index is -0.181. The number of halogens is 2. The van der Waals surface area contributed by atoms with Crippen LogP contribution in [-0.4, -0.2) is 24.5 Å². The quantitative estimate of drug-likeness (QED) is 0.656. The molecule has 1 saturated carbocycles. The van der Waals surface area contributed by atoms with Gasteiger partial charge in [0.15, 0.2) is 0 Å². The van der Waals surface area contributed by atoms with Gasteiger partial charge in [0.25, 0.3) is 0 Å². The Morgan fingerprint density at radius 3 is 2.38 bits per heavy atom. The molecule has 1 aliphatic heterocycles. The highest BCUT2D eigenvalue weighted by Gasteiger charge is 2.29. The van der Waals surface area contributed by atoms with Gasteiger partial charge in [-0.3, -0.25) is 4.90 Å². The fourth-order valence-electron chi connectivity index (χ4n) is 4.46. The van der Waals surface area contributed by atoms with E-state index in [9.17, 15) is 4.39 Å². The molecule has 1 saturated heterocycles. The molecule has 138 valence electrons. The summed E-state index contributed by atoms with van der Waals surface area (Å²) in [6, 6.07) is 17.3. The zero-order valence-corrected chi connectivity index (χ0v) is 15.9. The minimum Gasteiger partial charge on any atom is -0.299 e. The maximum Gasteiger partial charge on any atom is 0.123 e. The summed E-state index contributed by atoms with van der Waals surface area (Å²) in [5.41, 5.74) is 3.49. The molecule has 2 bridgehead atoms. The van der Waals surface area contributed by atoms with Gasteiger partial charge in [0.2, 0.25) is 0 Å². The van der Waals surface area contributed by atoms with Crippen molar-refractivity contribution in [2.24, 2.45) is 11.8 Å². The highest BCUT2D eigenvalue weighted by molar-refractivity contribution is 5.85. The van der Waals surface area contributed by atoms with Crippen LogP contribution < -0.4 is 0 Å². The number of likely N-dealkylation sites (tertiary alicyclic amines) is 1. The summed E-state index contributed by atoms with van der Waals surface area (Å²) in [5, 5.41) is 0. The van der Waals surface area contributed by atoms with Crippen LogP contribution in [0.3, 0.4) is 0 Å². The Hall–Kier alpha value is -1.64. The van der Waals surface area contributed by atoms with Gasteiger partial charge in [0.05, 0.1) is 0 Å². The molecular weight excluding hydrogens is 345 g/mol. The van der Waals surface area contributed by atoms with Crippen LogP contribution in [0.5, 0.6) is 0 Å². The van der Waals surface area contributed by atoms with E-state index in [4.69, 9.17) is 0 Å². The molecule has 4 rings (SSSR count). The molecule has 2 aliphatic rings. The molecule has 0 aromatic heterocycles. The molecule has 3 heteroatoms. The summed E-state index contributed by atoms with van der Waals surface area (Å²) < 4.78 is 13.3. The van der Waals surface area contributed by atoms with Crippen LogP contribution in [0.15, 0.2) is 60.7 Å². The summed E-state index contributed by atoms with van der Waals surface area (Å²) in [7, 11) is 0. The van der Waals surface area contributed by atoms with Crippen LogP contribution >= 0.6 is 12.4 Å². The lowest BCUT2D eigenvalue weighted by Crippen LogP contribution is -2.29. The first-order chi connectivity index (χ1) is 12.3. The largest absolute Gasteiger partial charge is 0.299 e. The molecule has 2 unspecified atom stereocenters. The molecule has 1 aliphatic carbocycles. The second-order valence-electron chi connectivity index (χ2n) is 7.58. The first-order valence-corrected chi connectivity index (χ1v) is 9.52. The van der Waals surface area contributed by atoms with Gasteiger partial charge < -0.3 is 0 Å². The summed E-state index contributed by atoms with van der Waals surface area (Å²) in [6.07, 6.45) is 7.97. The third kappa shape index (κ3) is 4.55. The van der Waals surface area contributed by atoms with Gasteiger partial charge in [-0.05, 0) is 66.5 Å². The lowest BCUT2D eigenvalue weighted by atomic mass is 9.97. The lowest BCUT2D eigenvalue weighted by molar-refractivity contribution is 0.260. The van der Waals surface area contributed by atoms with E-state index in [-0.39, 0.29) is 18.2 Å². The Labute approximate surface area is 162 Å². The molecule has 1 nitrogen and oxygen atoms in total. The highest BCUT2D eigenvalue weighted by Crippen LogP contribution is 2.36. The molecule has 0 spiro atoms. The summed E-state index contributed by atoms with van der Waals surface area (Å²) in [6.45, 7) is 3.42. The van der Waals surface area contributed by atoms with Gasteiger partial charge in [-0.25, -0.2) is 4.39 Å². The minimum absolute atomic E-state index is 0. The fourth-order valence-corrected chi connectivity index (χ4v) is 4.46. The third-order valence-electron chi connectivity index (χ3n) is 5.81. The summed E-state index contributed by atoms with van der Waals surface area (Å²) >= 11 is 0. The van der Waals surface area contributed by atoms with E-state index in [0.29, 0.717) is 0 Å². The Morgan fingerprint density at radius 1 is 0.923 bits per heavy atom. The predicted octanol–water partition coefficient (Wildman–Crippen LogP) is 5.80. The molecule has 26 heavy (non-hydrogen) atoms. The van der Waals surface area contributed by atoms with Crippen molar-refractivity contribution in [2.45, 2.75) is 25.7 Å². The van der Waals surface area contributed by atoms with Crippen LogP contribution in [0, 0.1) is 17.7 Å². The number of benzene rings is 2. The smallest absolute Gasteiger partial charge is 0.123 e. The zero-order chi connectivity index (χ0) is 17.1. The van der Waals surface area contributed by atoms with Crippen molar-refractivity contribution in [1.29, 1.82) is 0 Å². The summed E-state index contributed by atoms with van der Waals surface area (Å²) in [4.78, 5) is 2.61. The average Bonchev–Trinajstić information content (AvgIpc) is 2.98. The van der Waals surface area contributed by atoms with E-state index in [2.05, 4.69) is 35.2 Å². The van der Waals surface area contributed by atoms with E-state index in [1.54, 1.807) is 12.1 Å². The third-order valence-corrected chi connectivity index (χ3v) is 5.81. The maximum atomic E-state index is 13.3. The topological polar surface area (TPSA) is 3.24 Å². The molecule has 0 N–H and O–H groups in total. The second-order valence-corrected chi connectivity index (χ2v) is 7.58. The monoisotopic (exact) mass is 371 g/mol. The molecule has 2 aromatic carbocycles.